The maximum atomic E-state index is 12.4. The normalized spacial score (nSPS) is 12.8. The predicted octanol–water partition coefficient (Wildman–Crippen LogP) is 4.03. The number of nitrogens with one attached hydrogen (secondary N) is 1. The highest BCUT2D eigenvalue weighted by Crippen LogP contribution is 2.30. The van der Waals surface area contributed by atoms with Crippen LogP contribution in [0.25, 0.3) is 0 Å². The van der Waals surface area contributed by atoms with Gasteiger partial charge in [0.2, 0.25) is 5.91 Å². The summed E-state index contributed by atoms with van der Waals surface area (Å²) in [7, 11) is 0. The molecule has 0 saturated heterocycles. The van der Waals surface area contributed by atoms with Gasteiger partial charge in [-0.25, -0.2) is 0 Å². The second-order valence-electron chi connectivity index (χ2n) is 5.32. The molecule has 1 unspecified atom stereocenters. The SMILES string of the molecule is CCCC(C)CC(=O)NCCOc1ccc(C(F)(F)F)cc1. The smallest absolute Gasteiger partial charge is 0.416 e. The van der Waals surface area contributed by atoms with Gasteiger partial charge in [-0.2, -0.15) is 13.2 Å². The summed E-state index contributed by atoms with van der Waals surface area (Å²) in [5.41, 5.74) is -0.710. The number of ether oxygens (including phenoxy) is 1. The van der Waals surface area contributed by atoms with Crippen LogP contribution in [0.4, 0.5) is 13.2 Å². The van der Waals surface area contributed by atoms with Gasteiger partial charge in [-0.3, -0.25) is 4.79 Å². The number of benzene rings is 1. The molecule has 0 saturated carbocycles. The van der Waals surface area contributed by atoms with Crippen molar-refractivity contribution in [1.29, 1.82) is 0 Å². The van der Waals surface area contributed by atoms with Gasteiger partial charge >= 0.3 is 6.18 Å². The molecule has 124 valence electrons. The van der Waals surface area contributed by atoms with Gasteiger partial charge in [-0.15, -0.1) is 0 Å². The fraction of sp³-hybridized carbons (Fsp3) is 0.562. The van der Waals surface area contributed by atoms with Gasteiger partial charge in [0.05, 0.1) is 12.1 Å². The lowest BCUT2D eigenvalue weighted by Gasteiger charge is -2.11. The number of carbonyl (C=O) groups is 1. The molecule has 0 fully saturated rings. The second-order valence-corrected chi connectivity index (χ2v) is 5.32. The van der Waals surface area contributed by atoms with Crippen molar-refractivity contribution in [1.82, 2.24) is 5.32 Å². The minimum atomic E-state index is -4.35. The van der Waals surface area contributed by atoms with Crippen LogP contribution in [0, 0.1) is 5.92 Å². The van der Waals surface area contributed by atoms with E-state index in [-0.39, 0.29) is 12.5 Å². The number of alkyl halides is 3. The zero-order valence-electron chi connectivity index (χ0n) is 12.9. The van der Waals surface area contributed by atoms with E-state index in [2.05, 4.69) is 12.2 Å². The maximum Gasteiger partial charge on any atom is 0.416 e. The predicted molar refractivity (Wildman–Crippen MR) is 78.6 cm³/mol. The second kappa shape index (κ2) is 8.66. The van der Waals surface area contributed by atoms with Gasteiger partial charge < -0.3 is 10.1 Å². The van der Waals surface area contributed by atoms with Gasteiger partial charge in [0.15, 0.2) is 0 Å². The number of hydrogen-bond acceptors (Lipinski definition) is 2. The fourth-order valence-electron chi connectivity index (χ4n) is 2.08. The van der Waals surface area contributed by atoms with Crippen LogP contribution in [0.1, 0.15) is 38.7 Å². The largest absolute Gasteiger partial charge is 0.492 e. The number of amides is 1. The van der Waals surface area contributed by atoms with Gasteiger partial charge in [-0.1, -0.05) is 26.7 Å². The average Bonchev–Trinajstić information content (AvgIpc) is 2.43. The zero-order valence-corrected chi connectivity index (χ0v) is 12.9. The number of halogens is 3. The van der Waals surface area contributed by atoms with Crippen molar-refractivity contribution in [2.45, 2.75) is 39.3 Å². The van der Waals surface area contributed by atoms with Crippen LogP contribution in [-0.4, -0.2) is 19.1 Å². The Morgan fingerprint density at radius 1 is 1.27 bits per heavy atom. The van der Waals surface area contributed by atoms with Crippen molar-refractivity contribution in [3.8, 4) is 5.75 Å². The molecule has 0 spiro atoms. The van der Waals surface area contributed by atoms with Crippen molar-refractivity contribution in [2.75, 3.05) is 13.2 Å². The summed E-state index contributed by atoms with van der Waals surface area (Å²) in [4.78, 5) is 11.6. The molecule has 0 heterocycles. The molecule has 22 heavy (non-hydrogen) atoms. The Morgan fingerprint density at radius 3 is 2.45 bits per heavy atom. The van der Waals surface area contributed by atoms with E-state index in [9.17, 15) is 18.0 Å². The fourth-order valence-corrected chi connectivity index (χ4v) is 2.08. The quantitative estimate of drug-likeness (QED) is 0.735. The maximum absolute atomic E-state index is 12.4. The summed E-state index contributed by atoms with van der Waals surface area (Å²) in [5.74, 6) is 0.666. The van der Waals surface area contributed by atoms with Crippen LogP contribution in [0.15, 0.2) is 24.3 Å². The highest BCUT2D eigenvalue weighted by molar-refractivity contribution is 5.76. The Hall–Kier alpha value is -1.72. The summed E-state index contributed by atoms with van der Waals surface area (Å²) in [6.07, 6.45) is -1.81. The first-order valence-corrected chi connectivity index (χ1v) is 7.39. The monoisotopic (exact) mass is 317 g/mol. The Labute approximate surface area is 128 Å². The first kappa shape index (κ1) is 18.3. The highest BCUT2D eigenvalue weighted by atomic mass is 19.4. The lowest BCUT2D eigenvalue weighted by Crippen LogP contribution is -2.29. The molecule has 1 aromatic rings. The molecule has 6 heteroatoms. The van der Waals surface area contributed by atoms with E-state index in [1.807, 2.05) is 6.92 Å². The number of hydrogen-bond donors (Lipinski definition) is 1. The third kappa shape index (κ3) is 6.83. The van der Waals surface area contributed by atoms with Crippen LogP contribution < -0.4 is 10.1 Å². The third-order valence-electron chi connectivity index (χ3n) is 3.19. The number of rotatable bonds is 8. The van der Waals surface area contributed by atoms with Crippen LogP contribution in [-0.2, 0) is 11.0 Å². The van der Waals surface area contributed by atoms with Gasteiger partial charge in [0.1, 0.15) is 12.4 Å². The van der Waals surface area contributed by atoms with Crippen LogP contribution in [0.5, 0.6) is 5.75 Å². The van der Waals surface area contributed by atoms with Crippen LogP contribution in [0.2, 0.25) is 0 Å². The highest BCUT2D eigenvalue weighted by Gasteiger charge is 2.29. The van der Waals surface area contributed by atoms with Crippen molar-refractivity contribution >= 4 is 5.91 Å². The topological polar surface area (TPSA) is 38.3 Å². The van der Waals surface area contributed by atoms with E-state index < -0.39 is 11.7 Å². The Kier molecular flexibility index (Phi) is 7.21. The minimum absolute atomic E-state index is 0.0306. The summed E-state index contributed by atoms with van der Waals surface area (Å²) in [6, 6.07) is 4.49. The standard InChI is InChI=1S/C16H22F3NO2/c1-3-4-12(2)11-15(21)20-9-10-22-14-7-5-13(6-8-14)16(17,18)19/h5-8,12H,3-4,9-11H2,1-2H3,(H,20,21). The molecule has 1 rings (SSSR count). The summed E-state index contributed by atoms with van der Waals surface area (Å²) in [5, 5.41) is 2.73. The van der Waals surface area contributed by atoms with E-state index in [1.54, 1.807) is 0 Å². The minimum Gasteiger partial charge on any atom is -0.492 e. The first-order valence-electron chi connectivity index (χ1n) is 7.39. The van der Waals surface area contributed by atoms with Crippen LogP contribution in [0.3, 0.4) is 0 Å². The Bertz CT molecular complexity index is 457. The van der Waals surface area contributed by atoms with E-state index in [1.165, 1.54) is 12.1 Å². The average molecular weight is 317 g/mol. The molecule has 0 aliphatic carbocycles. The molecule has 0 aromatic heterocycles. The Morgan fingerprint density at radius 2 is 1.91 bits per heavy atom. The van der Waals surface area contributed by atoms with Crippen LogP contribution >= 0.6 is 0 Å². The number of carbonyl (C=O) groups excluding carboxylic acids is 1. The van der Waals surface area contributed by atoms with Gasteiger partial charge in [0, 0.05) is 6.42 Å². The summed E-state index contributed by atoms with van der Waals surface area (Å²) < 4.78 is 42.5. The van der Waals surface area contributed by atoms with Crippen molar-refractivity contribution in [3.05, 3.63) is 29.8 Å². The molecular formula is C16H22F3NO2. The van der Waals surface area contributed by atoms with Crippen molar-refractivity contribution in [3.63, 3.8) is 0 Å². The molecule has 1 atom stereocenters. The van der Waals surface area contributed by atoms with E-state index in [4.69, 9.17) is 4.74 Å². The molecule has 0 aliphatic heterocycles. The molecular weight excluding hydrogens is 295 g/mol. The molecule has 0 bridgehead atoms. The van der Waals surface area contributed by atoms with Gasteiger partial charge in [-0.05, 0) is 30.2 Å². The lowest BCUT2D eigenvalue weighted by atomic mass is 10.0. The third-order valence-corrected chi connectivity index (χ3v) is 3.19. The zero-order chi connectivity index (χ0) is 16.6. The molecule has 1 N–H and O–H groups in total. The summed E-state index contributed by atoms with van der Waals surface area (Å²) in [6.45, 7) is 4.66. The summed E-state index contributed by atoms with van der Waals surface area (Å²) >= 11 is 0. The Balaban J connectivity index is 2.26. The molecule has 0 radical (unpaired) electrons. The van der Waals surface area contributed by atoms with E-state index in [0.717, 1.165) is 25.0 Å². The van der Waals surface area contributed by atoms with Gasteiger partial charge in [0.25, 0.3) is 0 Å². The van der Waals surface area contributed by atoms with Crippen molar-refractivity contribution < 1.29 is 22.7 Å². The van der Waals surface area contributed by atoms with E-state index >= 15 is 0 Å². The molecule has 1 aromatic carbocycles. The molecule has 3 nitrogen and oxygen atoms in total. The first-order chi connectivity index (χ1) is 10.3. The van der Waals surface area contributed by atoms with Crippen molar-refractivity contribution in [2.24, 2.45) is 5.92 Å². The molecule has 1 amide bonds. The lowest BCUT2D eigenvalue weighted by molar-refractivity contribution is -0.137. The van der Waals surface area contributed by atoms with E-state index in [0.29, 0.717) is 24.6 Å². The molecule has 0 aliphatic rings.